The smallest absolute Gasteiger partial charge is 0.264 e. The summed E-state index contributed by atoms with van der Waals surface area (Å²) in [7, 11) is -1.50. The van der Waals surface area contributed by atoms with E-state index >= 15 is 4.39 Å². The number of ether oxygens (including phenoxy) is 2. The lowest BCUT2D eigenvalue weighted by atomic mass is 10.0. The van der Waals surface area contributed by atoms with Gasteiger partial charge in [0.05, 0.1) is 24.8 Å². The van der Waals surface area contributed by atoms with Gasteiger partial charge in [0.2, 0.25) is 11.8 Å². The highest BCUT2D eigenvalue weighted by atomic mass is 32.2. The van der Waals surface area contributed by atoms with Crippen molar-refractivity contribution in [1.82, 2.24) is 10.2 Å². The number of carbonyl (C=O) groups is 2. The Bertz CT molecular complexity index is 1750. The maximum Gasteiger partial charge on any atom is 0.264 e. The predicted molar refractivity (Wildman–Crippen MR) is 179 cm³/mol. The van der Waals surface area contributed by atoms with Crippen LogP contribution in [-0.2, 0) is 32.6 Å². The zero-order chi connectivity index (χ0) is 34.0. The van der Waals surface area contributed by atoms with Crippen molar-refractivity contribution in [2.75, 3.05) is 31.6 Å². The molecule has 4 rings (SSSR count). The zero-order valence-electron chi connectivity index (χ0n) is 26.9. The first-order valence-electron chi connectivity index (χ1n) is 15.2. The van der Waals surface area contributed by atoms with Crippen LogP contribution < -0.4 is 19.1 Å². The van der Waals surface area contributed by atoms with Crippen LogP contribution in [0, 0.1) is 11.7 Å². The molecule has 0 aliphatic heterocycles. The zero-order valence-corrected chi connectivity index (χ0v) is 27.7. The summed E-state index contributed by atoms with van der Waals surface area (Å²) in [5.74, 6) is -0.905. The van der Waals surface area contributed by atoms with Crippen molar-refractivity contribution in [2.45, 2.75) is 37.8 Å². The topological polar surface area (TPSA) is 105 Å². The van der Waals surface area contributed by atoms with Crippen LogP contribution in [0.1, 0.15) is 25.0 Å². The molecule has 0 aliphatic rings. The lowest BCUT2D eigenvalue weighted by Gasteiger charge is -2.34. The van der Waals surface area contributed by atoms with Crippen molar-refractivity contribution in [3.63, 3.8) is 0 Å². The maximum absolute atomic E-state index is 15.1. The number of rotatable bonds is 15. The standard InChI is InChI=1S/C36H40FN3O6S/c1-26(2)23-38-36(42)33(22-27-12-6-5-7-13-27)39(24-28-14-8-9-15-31(28)37)35(41)25-40(32-16-10-11-17-34(32)46-4)47(43,44)30-20-18-29(45-3)19-21-30/h5-21,26,33H,22-25H2,1-4H3,(H,38,42)/t33-/m1/s1. The molecule has 0 heterocycles. The molecule has 0 saturated heterocycles. The molecule has 2 amide bonds. The van der Waals surface area contributed by atoms with Crippen LogP contribution in [0.25, 0.3) is 0 Å². The molecule has 0 saturated carbocycles. The minimum atomic E-state index is -4.37. The first-order chi connectivity index (χ1) is 22.5. The molecule has 4 aromatic rings. The van der Waals surface area contributed by atoms with Crippen LogP contribution in [0.15, 0.2) is 108 Å². The second kappa shape index (κ2) is 16.1. The number of para-hydroxylation sites is 2. The Morgan fingerprint density at radius 2 is 1.47 bits per heavy atom. The van der Waals surface area contributed by atoms with Gasteiger partial charge in [0.15, 0.2) is 0 Å². The minimum absolute atomic E-state index is 0.0897. The number of hydrogen-bond donors (Lipinski definition) is 1. The highest BCUT2D eigenvalue weighted by molar-refractivity contribution is 7.92. The number of methoxy groups -OCH3 is 2. The van der Waals surface area contributed by atoms with E-state index in [1.54, 1.807) is 24.3 Å². The predicted octanol–water partition coefficient (Wildman–Crippen LogP) is 5.45. The van der Waals surface area contributed by atoms with Gasteiger partial charge in [0, 0.05) is 25.1 Å². The quantitative estimate of drug-likeness (QED) is 0.182. The number of sulfonamides is 1. The second-order valence-electron chi connectivity index (χ2n) is 11.3. The number of carbonyl (C=O) groups excluding carboxylic acids is 2. The third kappa shape index (κ3) is 8.88. The molecule has 0 bridgehead atoms. The molecule has 4 aromatic carbocycles. The Kier molecular flexibility index (Phi) is 12.0. The fourth-order valence-electron chi connectivity index (χ4n) is 5.01. The minimum Gasteiger partial charge on any atom is -0.497 e. The summed E-state index contributed by atoms with van der Waals surface area (Å²) < 4.78 is 55.3. The Morgan fingerprint density at radius 1 is 0.830 bits per heavy atom. The van der Waals surface area contributed by atoms with Crippen molar-refractivity contribution in [3.8, 4) is 11.5 Å². The SMILES string of the molecule is COc1ccc(S(=O)(=O)N(CC(=O)N(Cc2ccccc2F)[C@H](Cc2ccccc2)C(=O)NCC(C)C)c2ccccc2OC)cc1. The van der Waals surface area contributed by atoms with Gasteiger partial charge in [-0.15, -0.1) is 0 Å². The highest BCUT2D eigenvalue weighted by Crippen LogP contribution is 2.33. The summed E-state index contributed by atoms with van der Waals surface area (Å²) in [5.41, 5.74) is 1.07. The molecule has 1 N–H and O–H groups in total. The van der Waals surface area contributed by atoms with E-state index in [-0.39, 0.29) is 40.8 Å². The second-order valence-corrected chi connectivity index (χ2v) is 13.2. The number of halogens is 1. The van der Waals surface area contributed by atoms with Gasteiger partial charge in [-0.3, -0.25) is 13.9 Å². The summed E-state index contributed by atoms with van der Waals surface area (Å²) in [6.45, 7) is 3.27. The van der Waals surface area contributed by atoms with Gasteiger partial charge in [-0.25, -0.2) is 12.8 Å². The van der Waals surface area contributed by atoms with Crippen molar-refractivity contribution in [2.24, 2.45) is 5.92 Å². The molecule has 9 nitrogen and oxygen atoms in total. The molecule has 1 atom stereocenters. The Balaban J connectivity index is 1.83. The fraction of sp³-hybridized carbons (Fsp3) is 0.278. The summed E-state index contributed by atoms with van der Waals surface area (Å²) in [6.07, 6.45) is 0.116. The van der Waals surface area contributed by atoms with Crippen molar-refractivity contribution in [1.29, 1.82) is 0 Å². The van der Waals surface area contributed by atoms with Gasteiger partial charge >= 0.3 is 0 Å². The van der Waals surface area contributed by atoms with E-state index < -0.39 is 40.2 Å². The van der Waals surface area contributed by atoms with Crippen LogP contribution in [0.3, 0.4) is 0 Å². The molecule has 0 aliphatic carbocycles. The lowest BCUT2D eigenvalue weighted by molar-refractivity contribution is -0.140. The third-order valence-corrected chi connectivity index (χ3v) is 9.31. The molecule has 11 heteroatoms. The van der Waals surface area contributed by atoms with Crippen molar-refractivity contribution < 1.29 is 31.9 Å². The van der Waals surface area contributed by atoms with E-state index in [1.807, 2.05) is 44.2 Å². The number of benzene rings is 4. The van der Waals surface area contributed by atoms with E-state index in [9.17, 15) is 18.0 Å². The van der Waals surface area contributed by atoms with Gasteiger partial charge in [-0.05, 0) is 53.9 Å². The van der Waals surface area contributed by atoms with Gasteiger partial charge in [-0.2, -0.15) is 0 Å². The molecule has 0 fully saturated rings. The van der Waals surface area contributed by atoms with E-state index in [0.29, 0.717) is 12.3 Å². The molecule has 47 heavy (non-hydrogen) atoms. The molecule has 0 aromatic heterocycles. The maximum atomic E-state index is 15.1. The molecule has 0 radical (unpaired) electrons. The summed E-state index contributed by atoms with van der Waals surface area (Å²) >= 11 is 0. The Morgan fingerprint density at radius 3 is 2.11 bits per heavy atom. The Hall–Kier alpha value is -4.90. The number of nitrogens with one attached hydrogen (secondary N) is 1. The van der Waals surface area contributed by atoms with E-state index in [1.165, 1.54) is 67.7 Å². The lowest BCUT2D eigenvalue weighted by Crippen LogP contribution is -2.53. The van der Waals surface area contributed by atoms with Crippen LogP contribution in [0.5, 0.6) is 11.5 Å². The van der Waals surface area contributed by atoms with Gasteiger partial charge in [-0.1, -0.05) is 74.5 Å². The van der Waals surface area contributed by atoms with Crippen LogP contribution in [0.4, 0.5) is 10.1 Å². The van der Waals surface area contributed by atoms with Crippen molar-refractivity contribution >= 4 is 27.5 Å². The van der Waals surface area contributed by atoms with Crippen LogP contribution in [-0.4, -0.2) is 58.5 Å². The fourth-order valence-corrected chi connectivity index (χ4v) is 6.44. The highest BCUT2D eigenvalue weighted by Gasteiger charge is 2.36. The number of amides is 2. The largest absolute Gasteiger partial charge is 0.497 e. The van der Waals surface area contributed by atoms with E-state index in [4.69, 9.17) is 9.47 Å². The Labute approximate surface area is 276 Å². The third-order valence-electron chi connectivity index (χ3n) is 7.53. The molecular weight excluding hydrogens is 621 g/mol. The first kappa shape index (κ1) is 35.0. The molecular formula is C36H40FN3O6S. The van der Waals surface area contributed by atoms with Gasteiger partial charge < -0.3 is 19.7 Å². The normalized spacial score (nSPS) is 11.9. The summed E-state index contributed by atoms with van der Waals surface area (Å²) in [4.78, 5) is 29.6. The summed E-state index contributed by atoms with van der Waals surface area (Å²) in [5, 5.41) is 2.92. The summed E-state index contributed by atoms with van der Waals surface area (Å²) in [6, 6.07) is 26.3. The monoisotopic (exact) mass is 661 g/mol. The van der Waals surface area contributed by atoms with Gasteiger partial charge in [0.1, 0.15) is 29.9 Å². The average molecular weight is 662 g/mol. The molecule has 248 valence electrons. The van der Waals surface area contributed by atoms with Crippen LogP contribution in [0.2, 0.25) is 0 Å². The van der Waals surface area contributed by atoms with Crippen molar-refractivity contribution in [3.05, 3.63) is 120 Å². The number of hydrogen-bond acceptors (Lipinski definition) is 6. The average Bonchev–Trinajstić information content (AvgIpc) is 3.08. The number of nitrogens with zero attached hydrogens (tertiary/aromatic N) is 2. The van der Waals surface area contributed by atoms with Gasteiger partial charge in [0.25, 0.3) is 10.0 Å². The molecule has 0 unspecified atom stereocenters. The number of anilines is 1. The molecule has 0 spiro atoms. The van der Waals surface area contributed by atoms with Crippen LogP contribution >= 0.6 is 0 Å². The first-order valence-corrected chi connectivity index (χ1v) is 16.6. The van der Waals surface area contributed by atoms with E-state index in [0.717, 1.165) is 9.87 Å². The van der Waals surface area contributed by atoms with E-state index in [2.05, 4.69) is 5.32 Å².